The highest BCUT2D eigenvalue weighted by molar-refractivity contribution is 5.52. The zero-order valence-corrected chi connectivity index (χ0v) is 14.4. The monoisotopic (exact) mass is 335 g/mol. The fourth-order valence-electron chi connectivity index (χ4n) is 3.52. The Balaban J connectivity index is 1.48. The van der Waals surface area contributed by atoms with Crippen molar-refractivity contribution in [2.24, 2.45) is 0 Å². The van der Waals surface area contributed by atoms with Gasteiger partial charge in [0.1, 0.15) is 24.0 Å². The van der Waals surface area contributed by atoms with Crippen molar-refractivity contribution in [3.8, 4) is 6.07 Å². The van der Waals surface area contributed by atoms with E-state index < -0.39 is 0 Å². The third kappa shape index (κ3) is 3.13. The van der Waals surface area contributed by atoms with Crippen molar-refractivity contribution in [3.05, 3.63) is 41.5 Å². The molecule has 0 atom stereocenters. The highest BCUT2D eigenvalue weighted by Crippen LogP contribution is 2.26. The summed E-state index contributed by atoms with van der Waals surface area (Å²) in [4.78, 5) is 20.4. The lowest BCUT2D eigenvalue weighted by Gasteiger charge is -2.38. The zero-order chi connectivity index (χ0) is 17.2. The summed E-state index contributed by atoms with van der Waals surface area (Å²) in [6.45, 7) is 5.59. The number of hydrogen-bond acceptors (Lipinski definition) is 7. The Labute approximate surface area is 147 Å². The summed E-state index contributed by atoms with van der Waals surface area (Å²) in [5, 5.41) is 8.89. The van der Waals surface area contributed by atoms with Crippen molar-refractivity contribution in [1.82, 2.24) is 19.9 Å². The molecule has 2 aliphatic heterocycles. The van der Waals surface area contributed by atoms with Gasteiger partial charge in [0.15, 0.2) is 0 Å². The number of nitrogens with zero attached hydrogens (tertiary/aromatic N) is 7. The van der Waals surface area contributed by atoms with E-state index in [2.05, 4.69) is 42.8 Å². The van der Waals surface area contributed by atoms with Gasteiger partial charge in [-0.3, -0.25) is 0 Å². The number of likely N-dealkylation sites (N-methyl/N-ethyl adjacent to an activating group) is 1. The first-order valence-electron chi connectivity index (χ1n) is 8.62. The van der Waals surface area contributed by atoms with Crippen LogP contribution in [0.1, 0.15) is 16.8 Å². The quantitative estimate of drug-likeness (QED) is 0.812. The molecule has 1 saturated heterocycles. The fourth-order valence-corrected chi connectivity index (χ4v) is 3.52. The van der Waals surface area contributed by atoms with Gasteiger partial charge in [-0.15, -0.1) is 0 Å². The van der Waals surface area contributed by atoms with Crippen LogP contribution in [0.4, 0.5) is 11.6 Å². The number of pyridine rings is 1. The van der Waals surface area contributed by atoms with Crippen LogP contribution in [0.2, 0.25) is 0 Å². The Bertz CT molecular complexity index is 788. The maximum Gasteiger partial charge on any atom is 0.136 e. The molecule has 7 nitrogen and oxygen atoms in total. The molecular formula is C18H21N7. The maximum atomic E-state index is 8.89. The second kappa shape index (κ2) is 6.65. The van der Waals surface area contributed by atoms with E-state index in [1.807, 2.05) is 12.1 Å². The van der Waals surface area contributed by atoms with Crippen molar-refractivity contribution in [1.29, 1.82) is 5.26 Å². The summed E-state index contributed by atoms with van der Waals surface area (Å²) in [5.74, 6) is 2.02. The molecule has 25 heavy (non-hydrogen) atoms. The zero-order valence-electron chi connectivity index (χ0n) is 14.4. The topological polar surface area (TPSA) is 72.2 Å². The summed E-state index contributed by atoms with van der Waals surface area (Å²) in [5.41, 5.74) is 3.07. The van der Waals surface area contributed by atoms with E-state index in [1.165, 1.54) is 11.3 Å². The predicted octanol–water partition coefficient (Wildman–Crippen LogP) is 1.06. The molecule has 0 unspecified atom stereocenters. The normalized spacial score (nSPS) is 17.9. The fraction of sp³-hybridized carbons (Fsp3) is 0.444. The average Bonchev–Trinajstić information content (AvgIpc) is 2.68. The van der Waals surface area contributed by atoms with Gasteiger partial charge in [-0.25, -0.2) is 15.0 Å². The summed E-state index contributed by atoms with van der Waals surface area (Å²) >= 11 is 0. The number of anilines is 2. The van der Waals surface area contributed by atoms with Gasteiger partial charge in [-0.05, 0) is 19.2 Å². The molecule has 1 fully saturated rings. The van der Waals surface area contributed by atoms with Crippen molar-refractivity contribution in [3.63, 3.8) is 0 Å². The van der Waals surface area contributed by atoms with E-state index in [4.69, 9.17) is 5.26 Å². The van der Waals surface area contributed by atoms with Gasteiger partial charge in [-0.1, -0.05) is 0 Å². The highest BCUT2D eigenvalue weighted by atomic mass is 15.3. The molecule has 0 amide bonds. The van der Waals surface area contributed by atoms with E-state index in [-0.39, 0.29) is 0 Å². The first-order chi connectivity index (χ1) is 12.2. The molecule has 4 rings (SSSR count). The standard InChI is InChI=1S/C18H21N7/c1-23-5-4-16-15(12-23)18(22-13-21-16)25-8-6-24(7-9-25)17-3-2-14(10-19)11-20-17/h2-3,11,13H,4-9,12H2,1H3. The number of hydrogen-bond donors (Lipinski definition) is 0. The van der Waals surface area contributed by atoms with Crippen LogP contribution in [0.15, 0.2) is 24.7 Å². The van der Waals surface area contributed by atoms with Crippen LogP contribution in [-0.4, -0.2) is 59.6 Å². The van der Waals surface area contributed by atoms with Crippen LogP contribution in [0.5, 0.6) is 0 Å². The van der Waals surface area contributed by atoms with Crippen molar-refractivity contribution >= 4 is 11.6 Å². The minimum atomic E-state index is 0.596. The Morgan fingerprint density at radius 1 is 1.00 bits per heavy atom. The van der Waals surface area contributed by atoms with E-state index >= 15 is 0 Å². The number of piperazine rings is 1. The number of rotatable bonds is 2. The van der Waals surface area contributed by atoms with Crippen LogP contribution in [0.25, 0.3) is 0 Å². The van der Waals surface area contributed by atoms with Gasteiger partial charge >= 0.3 is 0 Å². The summed E-state index contributed by atoms with van der Waals surface area (Å²) in [6.07, 6.45) is 4.34. The van der Waals surface area contributed by atoms with Gasteiger partial charge in [0, 0.05) is 57.4 Å². The molecule has 0 N–H and O–H groups in total. The lowest BCUT2D eigenvalue weighted by Crippen LogP contribution is -2.47. The molecule has 2 aliphatic rings. The smallest absolute Gasteiger partial charge is 0.136 e. The Hall–Kier alpha value is -2.72. The Morgan fingerprint density at radius 2 is 1.80 bits per heavy atom. The first kappa shape index (κ1) is 15.8. The van der Waals surface area contributed by atoms with E-state index in [0.717, 1.165) is 57.3 Å². The number of aromatic nitrogens is 3. The van der Waals surface area contributed by atoms with Gasteiger partial charge < -0.3 is 14.7 Å². The molecule has 128 valence electrons. The van der Waals surface area contributed by atoms with Gasteiger partial charge in [0.2, 0.25) is 0 Å². The van der Waals surface area contributed by atoms with Gasteiger partial charge in [0.05, 0.1) is 11.3 Å². The molecule has 4 heterocycles. The lowest BCUT2D eigenvalue weighted by atomic mass is 10.1. The van der Waals surface area contributed by atoms with E-state index in [9.17, 15) is 0 Å². The molecule has 0 saturated carbocycles. The largest absolute Gasteiger partial charge is 0.353 e. The molecule has 0 spiro atoms. The molecule has 0 aromatic carbocycles. The lowest BCUT2D eigenvalue weighted by molar-refractivity contribution is 0.309. The van der Waals surface area contributed by atoms with Crippen molar-refractivity contribution in [2.45, 2.75) is 13.0 Å². The number of fused-ring (bicyclic) bond motifs is 1. The maximum absolute atomic E-state index is 8.89. The van der Waals surface area contributed by atoms with Crippen LogP contribution >= 0.6 is 0 Å². The summed E-state index contributed by atoms with van der Waals surface area (Å²) < 4.78 is 0. The molecule has 7 heteroatoms. The minimum absolute atomic E-state index is 0.596. The number of nitriles is 1. The van der Waals surface area contributed by atoms with E-state index in [0.29, 0.717) is 5.56 Å². The molecule has 2 aromatic heterocycles. The third-order valence-electron chi connectivity index (χ3n) is 4.95. The van der Waals surface area contributed by atoms with E-state index in [1.54, 1.807) is 12.5 Å². The van der Waals surface area contributed by atoms with Crippen LogP contribution < -0.4 is 9.80 Å². The average molecular weight is 335 g/mol. The molecule has 0 radical (unpaired) electrons. The van der Waals surface area contributed by atoms with Crippen molar-refractivity contribution < 1.29 is 0 Å². The Morgan fingerprint density at radius 3 is 2.52 bits per heavy atom. The molecule has 2 aromatic rings. The third-order valence-corrected chi connectivity index (χ3v) is 4.95. The highest BCUT2D eigenvalue weighted by Gasteiger charge is 2.25. The minimum Gasteiger partial charge on any atom is -0.353 e. The second-order valence-corrected chi connectivity index (χ2v) is 6.60. The van der Waals surface area contributed by atoms with Crippen LogP contribution in [0, 0.1) is 11.3 Å². The molecule has 0 aliphatic carbocycles. The second-order valence-electron chi connectivity index (χ2n) is 6.60. The molecular weight excluding hydrogens is 314 g/mol. The van der Waals surface area contributed by atoms with Crippen LogP contribution in [0.3, 0.4) is 0 Å². The summed E-state index contributed by atoms with van der Waals surface area (Å²) in [6, 6.07) is 5.86. The van der Waals surface area contributed by atoms with Gasteiger partial charge in [-0.2, -0.15) is 5.26 Å². The Kier molecular flexibility index (Phi) is 4.20. The van der Waals surface area contributed by atoms with Crippen LogP contribution in [-0.2, 0) is 13.0 Å². The SMILES string of the molecule is CN1CCc2ncnc(N3CCN(c4ccc(C#N)cn4)CC3)c2C1. The van der Waals surface area contributed by atoms with Gasteiger partial charge in [0.25, 0.3) is 0 Å². The first-order valence-corrected chi connectivity index (χ1v) is 8.62. The molecule has 0 bridgehead atoms. The van der Waals surface area contributed by atoms with Crippen molar-refractivity contribution in [2.75, 3.05) is 49.6 Å². The summed E-state index contributed by atoms with van der Waals surface area (Å²) in [7, 11) is 2.15. The predicted molar refractivity (Wildman–Crippen MR) is 95.4 cm³/mol.